The number of hydrogen-bond donors (Lipinski definition) is 3. The first kappa shape index (κ1) is 11.3. The summed E-state index contributed by atoms with van der Waals surface area (Å²) in [6, 6.07) is 4.03. The second-order valence-electron chi connectivity index (χ2n) is 2.94. The molecule has 82 valence electrons. The molecule has 0 heterocycles. The number of amides is 1. The van der Waals surface area contributed by atoms with Gasteiger partial charge >= 0.3 is 0 Å². The summed E-state index contributed by atoms with van der Waals surface area (Å²) in [5, 5.41) is 9.49. The molecule has 6 nitrogen and oxygen atoms in total. The molecule has 1 aromatic carbocycles. The van der Waals surface area contributed by atoms with Crippen LogP contribution in [-0.4, -0.2) is 25.7 Å². The van der Waals surface area contributed by atoms with Crippen molar-refractivity contribution in [3.63, 3.8) is 0 Å². The number of nitrogens with two attached hydrogens (primary N) is 1. The van der Waals surface area contributed by atoms with Crippen molar-refractivity contribution in [3.05, 3.63) is 23.8 Å². The lowest BCUT2D eigenvalue weighted by Gasteiger charge is -2.08. The van der Waals surface area contributed by atoms with Crippen molar-refractivity contribution in [1.82, 2.24) is 0 Å². The van der Waals surface area contributed by atoms with Crippen molar-refractivity contribution in [3.8, 4) is 5.75 Å². The smallest absolute Gasteiger partial charge is 0.252 e. The minimum Gasteiger partial charge on any atom is -0.505 e. The Balaban J connectivity index is 3.22. The fourth-order valence-electron chi connectivity index (χ4n) is 1.02. The number of para-hydroxylation sites is 1. The molecule has 15 heavy (non-hydrogen) atoms. The predicted molar refractivity (Wildman–Crippen MR) is 55.1 cm³/mol. The van der Waals surface area contributed by atoms with Crippen LogP contribution in [0, 0.1) is 0 Å². The Bertz CT molecular complexity index is 495. The van der Waals surface area contributed by atoms with Crippen LogP contribution in [0.25, 0.3) is 0 Å². The average molecular weight is 230 g/mol. The zero-order valence-electron chi connectivity index (χ0n) is 7.89. The second kappa shape index (κ2) is 3.77. The number of rotatable bonds is 3. The molecule has 0 aliphatic carbocycles. The monoisotopic (exact) mass is 230 g/mol. The molecule has 0 aromatic heterocycles. The Morgan fingerprint density at radius 2 is 2.07 bits per heavy atom. The fraction of sp³-hybridized carbons (Fsp3) is 0.125. The molecule has 1 aromatic rings. The Kier molecular flexibility index (Phi) is 2.85. The van der Waals surface area contributed by atoms with E-state index in [1.807, 2.05) is 0 Å². The topological polar surface area (TPSA) is 109 Å². The van der Waals surface area contributed by atoms with Gasteiger partial charge in [-0.05, 0) is 12.1 Å². The number of phenols is 1. The molecule has 0 saturated heterocycles. The fourth-order valence-corrected chi connectivity index (χ4v) is 1.59. The van der Waals surface area contributed by atoms with Crippen LogP contribution in [0.2, 0.25) is 0 Å². The Morgan fingerprint density at radius 3 is 2.53 bits per heavy atom. The van der Waals surface area contributed by atoms with Gasteiger partial charge in [-0.2, -0.15) is 0 Å². The quantitative estimate of drug-likeness (QED) is 0.628. The highest BCUT2D eigenvalue weighted by Crippen LogP contribution is 2.27. The summed E-state index contributed by atoms with van der Waals surface area (Å²) < 4.78 is 23.9. The van der Waals surface area contributed by atoms with Crippen molar-refractivity contribution >= 4 is 21.6 Å². The van der Waals surface area contributed by atoms with E-state index < -0.39 is 21.7 Å². The van der Waals surface area contributed by atoms with Gasteiger partial charge in [-0.15, -0.1) is 0 Å². The lowest BCUT2D eigenvalue weighted by molar-refractivity contribution is 0.0998. The summed E-state index contributed by atoms with van der Waals surface area (Å²) in [6.45, 7) is 0. The highest BCUT2D eigenvalue weighted by Gasteiger charge is 2.13. The van der Waals surface area contributed by atoms with Gasteiger partial charge in [-0.25, -0.2) is 8.42 Å². The van der Waals surface area contributed by atoms with Crippen LogP contribution in [-0.2, 0) is 10.0 Å². The number of carbonyl (C=O) groups is 1. The highest BCUT2D eigenvalue weighted by molar-refractivity contribution is 7.92. The molecule has 0 atom stereocenters. The molecule has 0 fully saturated rings. The van der Waals surface area contributed by atoms with E-state index in [0.29, 0.717) is 0 Å². The van der Waals surface area contributed by atoms with Gasteiger partial charge in [-0.3, -0.25) is 9.52 Å². The van der Waals surface area contributed by atoms with Crippen molar-refractivity contribution in [2.75, 3.05) is 11.0 Å². The maximum atomic E-state index is 10.9. The van der Waals surface area contributed by atoms with E-state index in [0.717, 1.165) is 6.26 Å². The van der Waals surface area contributed by atoms with Crippen LogP contribution in [0.3, 0.4) is 0 Å². The van der Waals surface area contributed by atoms with Crippen molar-refractivity contribution < 1.29 is 18.3 Å². The number of sulfonamides is 1. The van der Waals surface area contributed by atoms with E-state index in [9.17, 15) is 18.3 Å². The number of benzene rings is 1. The number of hydrogen-bond acceptors (Lipinski definition) is 4. The van der Waals surface area contributed by atoms with Gasteiger partial charge < -0.3 is 10.8 Å². The average Bonchev–Trinajstić information content (AvgIpc) is 2.05. The lowest BCUT2D eigenvalue weighted by Crippen LogP contribution is -2.14. The largest absolute Gasteiger partial charge is 0.505 e. The van der Waals surface area contributed by atoms with Gasteiger partial charge in [0, 0.05) is 0 Å². The van der Waals surface area contributed by atoms with Crippen molar-refractivity contribution in [1.29, 1.82) is 0 Å². The van der Waals surface area contributed by atoms with E-state index in [2.05, 4.69) is 4.72 Å². The van der Waals surface area contributed by atoms with Crippen LogP contribution < -0.4 is 10.5 Å². The molecule has 1 rings (SSSR count). The Hall–Kier alpha value is -1.76. The van der Waals surface area contributed by atoms with Gasteiger partial charge in [0.25, 0.3) is 5.91 Å². The molecule has 0 bridgehead atoms. The number of carbonyl (C=O) groups excluding carboxylic acids is 1. The molecule has 4 N–H and O–H groups in total. The molecular weight excluding hydrogens is 220 g/mol. The number of anilines is 1. The van der Waals surface area contributed by atoms with E-state index in [4.69, 9.17) is 5.73 Å². The predicted octanol–water partition coefficient (Wildman–Crippen LogP) is -0.137. The second-order valence-corrected chi connectivity index (χ2v) is 4.69. The Morgan fingerprint density at radius 1 is 1.47 bits per heavy atom. The third-order valence-corrected chi connectivity index (χ3v) is 2.19. The first-order chi connectivity index (χ1) is 6.81. The zero-order chi connectivity index (χ0) is 11.6. The van der Waals surface area contributed by atoms with E-state index in [1.165, 1.54) is 18.2 Å². The number of nitrogens with one attached hydrogen (secondary N) is 1. The summed E-state index contributed by atoms with van der Waals surface area (Å²) >= 11 is 0. The zero-order valence-corrected chi connectivity index (χ0v) is 8.71. The Labute approximate surface area is 86.8 Å². The third kappa shape index (κ3) is 2.84. The van der Waals surface area contributed by atoms with E-state index in [-0.39, 0.29) is 11.3 Å². The van der Waals surface area contributed by atoms with Crippen LogP contribution >= 0.6 is 0 Å². The van der Waals surface area contributed by atoms with Gasteiger partial charge in [-0.1, -0.05) is 6.07 Å². The van der Waals surface area contributed by atoms with Crippen LogP contribution in [0.1, 0.15) is 10.4 Å². The maximum Gasteiger partial charge on any atom is 0.252 e. The maximum absolute atomic E-state index is 10.9. The molecule has 0 aliphatic rings. The molecule has 1 amide bonds. The molecule has 0 spiro atoms. The van der Waals surface area contributed by atoms with Gasteiger partial charge in [0.15, 0.2) is 5.75 Å². The molecule has 0 saturated carbocycles. The van der Waals surface area contributed by atoms with Crippen LogP contribution in [0.4, 0.5) is 5.69 Å². The summed E-state index contributed by atoms with van der Waals surface area (Å²) in [5.41, 5.74) is 4.76. The molecule has 0 aliphatic heterocycles. The number of aromatic hydroxyl groups is 1. The van der Waals surface area contributed by atoms with Crippen LogP contribution in [0.15, 0.2) is 18.2 Å². The molecule has 7 heteroatoms. The van der Waals surface area contributed by atoms with Gasteiger partial charge in [0.1, 0.15) is 0 Å². The SMILES string of the molecule is CS(=O)(=O)Nc1cccc(C(N)=O)c1O. The van der Waals surface area contributed by atoms with Crippen molar-refractivity contribution in [2.24, 2.45) is 5.73 Å². The summed E-state index contributed by atoms with van der Waals surface area (Å²) in [4.78, 5) is 10.8. The molecular formula is C8H10N2O4S. The standard InChI is InChI=1S/C8H10N2O4S/c1-15(13,14)10-6-4-2-3-5(7(6)11)8(9)12/h2-4,10-11H,1H3,(H2,9,12). The van der Waals surface area contributed by atoms with Gasteiger partial charge in [0.05, 0.1) is 17.5 Å². The van der Waals surface area contributed by atoms with Crippen LogP contribution in [0.5, 0.6) is 5.75 Å². The summed E-state index contributed by atoms with van der Waals surface area (Å²) in [7, 11) is -3.50. The van der Waals surface area contributed by atoms with E-state index >= 15 is 0 Å². The van der Waals surface area contributed by atoms with Crippen molar-refractivity contribution in [2.45, 2.75) is 0 Å². The normalized spacial score (nSPS) is 11.0. The van der Waals surface area contributed by atoms with Gasteiger partial charge in [0.2, 0.25) is 10.0 Å². The first-order valence-corrected chi connectivity index (χ1v) is 5.80. The number of primary amides is 1. The highest BCUT2D eigenvalue weighted by atomic mass is 32.2. The minimum absolute atomic E-state index is 0.0752. The summed E-state index contributed by atoms with van der Waals surface area (Å²) in [5.74, 6) is -1.31. The minimum atomic E-state index is -3.50. The summed E-state index contributed by atoms with van der Waals surface area (Å²) in [6.07, 6.45) is 0.934. The first-order valence-electron chi connectivity index (χ1n) is 3.91. The molecule has 0 radical (unpaired) electrons. The lowest BCUT2D eigenvalue weighted by atomic mass is 10.1. The van der Waals surface area contributed by atoms with E-state index in [1.54, 1.807) is 0 Å². The molecule has 0 unspecified atom stereocenters. The third-order valence-electron chi connectivity index (χ3n) is 1.60.